The Morgan fingerprint density at radius 2 is 1.25 bits per heavy atom. The Kier molecular flexibility index (Phi) is 5.54. The predicted molar refractivity (Wildman–Crippen MR) is 94.9 cm³/mol. The van der Waals surface area contributed by atoms with Gasteiger partial charge in [-0.2, -0.15) is 0 Å². The second-order valence-electron chi connectivity index (χ2n) is 7.21. The molecule has 1 aromatic rings. The highest BCUT2D eigenvalue weighted by Crippen LogP contribution is 2.32. The zero-order chi connectivity index (χ0) is 16.9. The fraction of sp³-hybridized carbons (Fsp3) is 0.600. The minimum Gasteiger partial charge on any atom is -0.366 e. The Bertz CT molecular complexity index is 569. The summed E-state index contributed by atoms with van der Waals surface area (Å²) in [5.74, 6) is -0.519. The van der Waals surface area contributed by atoms with Gasteiger partial charge in [0.2, 0.25) is 5.91 Å². The first kappa shape index (κ1) is 17.0. The SMILES string of the molecule is NC(=O)c1ccccc1C(=O)N(C1CCCCC1)C1CCCCC1. The van der Waals surface area contributed by atoms with E-state index < -0.39 is 5.91 Å². The first-order valence-electron chi connectivity index (χ1n) is 9.40. The molecule has 130 valence electrons. The summed E-state index contributed by atoms with van der Waals surface area (Å²) in [6, 6.07) is 7.63. The van der Waals surface area contributed by atoms with Crippen molar-refractivity contribution in [2.75, 3.05) is 0 Å². The summed E-state index contributed by atoms with van der Waals surface area (Å²) in [7, 11) is 0. The van der Waals surface area contributed by atoms with Crippen LogP contribution in [-0.4, -0.2) is 28.8 Å². The number of hydrogen-bond donors (Lipinski definition) is 1. The normalized spacial score (nSPS) is 19.8. The first-order valence-corrected chi connectivity index (χ1v) is 9.40. The molecule has 0 saturated heterocycles. The van der Waals surface area contributed by atoms with Crippen molar-refractivity contribution in [2.24, 2.45) is 5.73 Å². The molecular formula is C20H28N2O2. The Hall–Kier alpha value is -1.84. The Morgan fingerprint density at radius 3 is 1.71 bits per heavy atom. The number of nitrogens with zero attached hydrogens (tertiary/aromatic N) is 1. The number of carbonyl (C=O) groups is 2. The smallest absolute Gasteiger partial charge is 0.255 e. The van der Waals surface area contributed by atoms with E-state index in [0.717, 1.165) is 25.7 Å². The summed E-state index contributed by atoms with van der Waals surface area (Å²) < 4.78 is 0. The summed E-state index contributed by atoms with van der Waals surface area (Å²) in [5, 5.41) is 0. The number of benzene rings is 1. The van der Waals surface area contributed by atoms with Crippen molar-refractivity contribution in [3.05, 3.63) is 35.4 Å². The fourth-order valence-corrected chi connectivity index (χ4v) is 4.37. The lowest BCUT2D eigenvalue weighted by Gasteiger charge is -2.42. The second kappa shape index (κ2) is 7.82. The van der Waals surface area contributed by atoms with Crippen LogP contribution in [0, 0.1) is 0 Å². The maximum absolute atomic E-state index is 13.4. The van der Waals surface area contributed by atoms with E-state index in [9.17, 15) is 9.59 Å². The van der Waals surface area contributed by atoms with E-state index in [1.54, 1.807) is 18.2 Å². The molecule has 2 fully saturated rings. The Labute approximate surface area is 144 Å². The van der Waals surface area contributed by atoms with Crippen LogP contribution in [0.5, 0.6) is 0 Å². The van der Waals surface area contributed by atoms with Gasteiger partial charge in [0.25, 0.3) is 5.91 Å². The van der Waals surface area contributed by atoms with Crippen LogP contribution in [0.1, 0.15) is 84.9 Å². The fourth-order valence-electron chi connectivity index (χ4n) is 4.37. The van der Waals surface area contributed by atoms with Crippen LogP contribution in [0.25, 0.3) is 0 Å². The molecule has 0 radical (unpaired) electrons. The average molecular weight is 328 g/mol. The molecule has 2 aliphatic rings. The number of carbonyl (C=O) groups excluding carboxylic acids is 2. The zero-order valence-corrected chi connectivity index (χ0v) is 14.4. The summed E-state index contributed by atoms with van der Waals surface area (Å²) in [6.07, 6.45) is 11.6. The van der Waals surface area contributed by atoms with Crippen LogP contribution >= 0.6 is 0 Å². The van der Waals surface area contributed by atoms with Crippen LogP contribution in [-0.2, 0) is 0 Å². The molecule has 4 nitrogen and oxygen atoms in total. The molecule has 0 aromatic heterocycles. The molecule has 0 spiro atoms. The van der Waals surface area contributed by atoms with Gasteiger partial charge in [0.05, 0.1) is 11.1 Å². The lowest BCUT2D eigenvalue weighted by Crippen LogP contribution is -2.49. The lowest BCUT2D eigenvalue weighted by atomic mass is 9.87. The molecule has 2 aliphatic carbocycles. The summed E-state index contributed by atoms with van der Waals surface area (Å²) >= 11 is 0. The third-order valence-electron chi connectivity index (χ3n) is 5.59. The van der Waals surface area contributed by atoms with Gasteiger partial charge in [-0.25, -0.2) is 0 Å². The Morgan fingerprint density at radius 1 is 0.792 bits per heavy atom. The Balaban J connectivity index is 1.92. The number of rotatable bonds is 4. The van der Waals surface area contributed by atoms with Crippen LogP contribution in [0.3, 0.4) is 0 Å². The molecule has 0 unspecified atom stereocenters. The first-order chi connectivity index (χ1) is 11.7. The minimum atomic E-state index is -0.522. The predicted octanol–water partition coefficient (Wildman–Crippen LogP) is 3.89. The summed E-state index contributed by atoms with van der Waals surface area (Å²) in [4.78, 5) is 27.3. The van der Waals surface area contributed by atoms with Gasteiger partial charge < -0.3 is 10.6 Å². The average Bonchev–Trinajstić information content (AvgIpc) is 2.63. The standard InChI is InChI=1S/C20H28N2O2/c21-19(23)17-13-7-8-14-18(17)20(24)22(15-9-3-1-4-10-15)16-11-5-2-6-12-16/h7-8,13-16H,1-6,9-12H2,(H2,21,23). The van der Waals surface area contributed by atoms with Crippen molar-refractivity contribution in [2.45, 2.75) is 76.3 Å². The van der Waals surface area contributed by atoms with Crippen molar-refractivity contribution >= 4 is 11.8 Å². The largest absolute Gasteiger partial charge is 0.366 e. The summed E-state index contributed by atoms with van der Waals surface area (Å²) in [6.45, 7) is 0. The molecular weight excluding hydrogens is 300 g/mol. The van der Waals surface area contributed by atoms with E-state index in [4.69, 9.17) is 5.73 Å². The summed E-state index contributed by atoms with van der Waals surface area (Å²) in [5.41, 5.74) is 6.32. The van der Waals surface area contributed by atoms with E-state index in [0.29, 0.717) is 23.2 Å². The van der Waals surface area contributed by atoms with Crippen molar-refractivity contribution in [1.82, 2.24) is 4.90 Å². The van der Waals surface area contributed by atoms with Crippen LogP contribution in [0.4, 0.5) is 0 Å². The number of hydrogen-bond acceptors (Lipinski definition) is 2. The zero-order valence-electron chi connectivity index (χ0n) is 14.4. The third kappa shape index (κ3) is 3.63. The van der Waals surface area contributed by atoms with Crippen molar-refractivity contribution in [3.8, 4) is 0 Å². The topological polar surface area (TPSA) is 63.4 Å². The van der Waals surface area contributed by atoms with Crippen molar-refractivity contribution < 1.29 is 9.59 Å². The molecule has 0 bridgehead atoms. The van der Waals surface area contributed by atoms with Gasteiger partial charge in [0, 0.05) is 12.1 Å². The van der Waals surface area contributed by atoms with E-state index >= 15 is 0 Å². The number of primary amides is 1. The maximum atomic E-state index is 13.4. The van der Waals surface area contributed by atoms with Gasteiger partial charge in [0.1, 0.15) is 0 Å². The molecule has 24 heavy (non-hydrogen) atoms. The molecule has 0 atom stereocenters. The van der Waals surface area contributed by atoms with Gasteiger partial charge in [-0.05, 0) is 37.8 Å². The highest BCUT2D eigenvalue weighted by Gasteiger charge is 2.34. The second-order valence-corrected chi connectivity index (χ2v) is 7.21. The van der Waals surface area contributed by atoms with Gasteiger partial charge >= 0.3 is 0 Å². The molecule has 2 saturated carbocycles. The van der Waals surface area contributed by atoms with Crippen LogP contribution in [0.15, 0.2) is 24.3 Å². The third-order valence-corrected chi connectivity index (χ3v) is 5.59. The number of amides is 2. The van der Waals surface area contributed by atoms with Crippen LogP contribution in [0.2, 0.25) is 0 Å². The van der Waals surface area contributed by atoms with E-state index in [1.807, 2.05) is 6.07 Å². The minimum absolute atomic E-state index is 0.00296. The monoisotopic (exact) mass is 328 g/mol. The molecule has 2 N–H and O–H groups in total. The van der Waals surface area contributed by atoms with Gasteiger partial charge in [-0.1, -0.05) is 50.7 Å². The van der Waals surface area contributed by atoms with Gasteiger partial charge in [0.15, 0.2) is 0 Å². The van der Waals surface area contributed by atoms with Crippen molar-refractivity contribution in [3.63, 3.8) is 0 Å². The number of nitrogens with two attached hydrogens (primary N) is 1. The van der Waals surface area contributed by atoms with E-state index in [2.05, 4.69) is 4.90 Å². The van der Waals surface area contributed by atoms with Crippen molar-refractivity contribution in [1.29, 1.82) is 0 Å². The van der Waals surface area contributed by atoms with E-state index in [-0.39, 0.29) is 5.91 Å². The highest BCUT2D eigenvalue weighted by molar-refractivity contribution is 6.06. The molecule has 1 aromatic carbocycles. The molecule has 2 amide bonds. The van der Waals surface area contributed by atoms with Crippen LogP contribution < -0.4 is 5.73 Å². The van der Waals surface area contributed by atoms with Gasteiger partial charge in [-0.15, -0.1) is 0 Å². The maximum Gasteiger partial charge on any atom is 0.255 e. The lowest BCUT2D eigenvalue weighted by molar-refractivity contribution is 0.0446. The van der Waals surface area contributed by atoms with E-state index in [1.165, 1.54) is 38.5 Å². The van der Waals surface area contributed by atoms with Gasteiger partial charge in [-0.3, -0.25) is 9.59 Å². The molecule has 3 rings (SSSR count). The molecule has 4 heteroatoms. The molecule has 0 heterocycles. The highest BCUT2D eigenvalue weighted by atomic mass is 16.2. The molecule has 0 aliphatic heterocycles. The quantitative estimate of drug-likeness (QED) is 0.911.